The minimum atomic E-state index is -4.02. The molecule has 8 aromatic rings. The molecule has 9 N–H and O–H groups in total. The quantitative estimate of drug-likeness (QED) is 0.0142. The van der Waals surface area contributed by atoms with E-state index in [-0.39, 0.29) is 134 Å². The molecule has 2 aliphatic carbocycles. The Balaban J connectivity index is 0.000000384. The van der Waals surface area contributed by atoms with Gasteiger partial charge in [-0.3, -0.25) is 24.0 Å². The van der Waals surface area contributed by atoms with Gasteiger partial charge in [0.2, 0.25) is 23.6 Å². The number of esters is 1. The van der Waals surface area contributed by atoms with Gasteiger partial charge in [-0.05, 0) is 315 Å². The fourth-order valence-corrected chi connectivity index (χ4v) is 21.5. The number of carboxylic acids is 1. The summed E-state index contributed by atoms with van der Waals surface area (Å²) in [6.07, 6.45) is 11.8. The summed E-state index contributed by atoms with van der Waals surface area (Å²) in [6.45, 7) is 34.7. The van der Waals surface area contributed by atoms with Crippen LogP contribution in [-0.4, -0.2) is 181 Å². The van der Waals surface area contributed by atoms with Crippen molar-refractivity contribution in [1.82, 2.24) is 43.8 Å². The van der Waals surface area contributed by atoms with Gasteiger partial charge in [0.1, 0.15) is 0 Å². The molecular formula is C108H154BrLiN10O18S4. The van der Waals surface area contributed by atoms with Crippen LogP contribution in [0.2, 0.25) is 0 Å². The molecule has 10 rings (SSSR count). The zero-order valence-electron chi connectivity index (χ0n) is 88.2. The van der Waals surface area contributed by atoms with Gasteiger partial charge in [-0.25, -0.2) is 62.1 Å². The normalized spacial score (nSPS) is 13.2. The fourth-order valence-electron chi connectivity index (χ4n) is 17.1. The predicted octanol–water partition coefficient (Wildman–Crippen LogP) is 15.6. The Morgan fingerprint density at radius 2 is 0.563 bits per heavy atom. The number of carbonyl (C=O) groups is 7. The first-order chi connectivity index (χ1) is 65.3. The van der Waals surface area contributed by atoms with E-state index in [2.05, 4.69) is 67.8 Å². The van der Waals surface area contributed by atoms with Gasteiger partial charge in [-0.15, -0.1) is 0 Å². The Bertz CT molecular complexity index is 5910. The van der Waals surface area contributed by atoms with Gasteiger partial charge in [-0.1, -0.05) is 214 Å². The number of halogens is 1. The minimum absolute atomic E-state index is 0. The molecule has 0 aromatic heterocycles. The molecule has 0 heterocycles. The number of benzene rings is 8. The van der Waals surface area contributed by atoms with E-state index in [1.807, 2.05) is 183 Å². The minimum Gasteiger partial charge on any atom is -0.870 e. The average molecular weight is 2100 g/mol. The molecule has 28 nitrogen and oxygen atoms in total. The van der Waals surface area contributed by atoms with Gasteiger partial charge in [0.25, 0.3) is 46.0 Å². The zero-order valence-corrected chi connectivity index (χ0v) is 93.0. The van der Waals surface area contributed by atoms with Crippen molar-refractivity contribution in [2.75, 3.05) is 63.5 Å². The molecule has 776 valence electrons. The molecule has 0 unspecified atom stereocenters. The number of amides is 5. The molecular weight excluding hydrogens is 1940 g/mol. The van der Waals surface area contributed by atoms with Gasteiger partial charge in [-0.2, -0.15) is 0 Å². The summed E-state index contributed by atoms with van der Waals surface area (Å²) in [5.41, 5.74) is 20.8. The van der Waals surface area contributed by atoms with Gasteiger partial charge >= 0.3 is 30.8 Å². The SMILES string of the molecule is CC(C)c1cc(Br)cc(C(C)C)c1CC(=O)NS(=O)(=O)c1ccc(CN(C)C)cc1.CC(C)c1cc(C(=O)NC2CCCCC2)cc(C(C)C)c1CC(=O)NS(=O)(=O)c1ccc(CN(C)C)cc1.CC(C)c1cc(C(=O)O)cc(C(C)C)c1CC(=O)NS(=O)(=O)c1ccc(CN(C)C)cc1.COC(=O)c1cc(C(C)C)c(CC(=O)NS(=O)(=O)c2ccc(CN(C)C)cc2)c(C(C)C)c1.NC1CCCCC1.[Li+].[OH-]. The molecule has 34 heteroatoms. The molecule has 2 aliphatic rings. The van der Waals surface area contributed by atoms with Crippen molar-refractivity contribution in [3.05, 3.63) is 256 Å². The fraction of sp³-hybridized carbons (Fsp3) is 0.491. The van der Waals surface area contributed by atoms with Crippen LogP contribution < -0.4 is 48.8 Å². The summed E-state index contributed by atoms with van der Waals surface area (Å²) in [7, 11) is 0.856. The first-order valence-electron chi connectivity index (χ1n) is 48.2. The van der Waals surface area contributed by atoms with Crippen molar-refractivity contribution in [2.24, 2.45) is 5.73 Å². The van der Waals surface area contributed by atoms with E-state index in [1.165, 1.54) is 94.2 Å². The van der Waals surface area contributed by atoms with Crippen molar-refractivity contribution in [2.45, 2.75) is 306 Å². The van der Waals surface area contributed by atoms with E-state index in [1.54, 1.807) is 72.8 Å². The molecule has 0 saturated heterocycles. The number of sulfonamides is 4. The molecule has 5 amide bonds. The van der Waals surface area contributed by atoms with Crippen molar-refractivity contribution in [3.63, 3.8) is 0 Å². The third-order valence-electron chi connectivity index (χ3n) is 24.0. The molecule has 0 radical (unpaired) electrons. The third kappa shape index (κ3) is 39.2. The summed E-state index contributed by atoms with van der Waals surface area (Å²) in [4.78, 5) is 96.4. The summed E-state index contributed by atoms with van der Waals surface area (Å²) < 4.78 is 117. The molecule has 0 aliphatic heterocycles. The standard InChI is InChI=1S/C30H43N3O4S.C25H34N2O5S.C24H32N2O5S.C23H31BrN2O3S.C6H13N.Li.H2O/c1-20(2)26-16-23(30(35)31-24-10-8-7-9-11-24)17-27(21(3)4)28(26)18-29(34)32-38(36,37)25-14-12-22(13-15-25)19-33(5)6;1-16(2)21-12-19(25(29)32-7)13-22(17(3)4)23(21)14-24(28)26-33(30,31)20-10-8-18(9-11-20)15-27(5)6;1-15(2)20-11-18(24(28)29)12-21(16(3)4)22(20)13-23(27)25-32(30,31)19-9-7-17(8-10-19)14-26(5)6;1-15(2)20-11-18(24)12-21(16(3)4)22(20)13-23(27)25-30(28,29)19-9-7-17(8-10-19)14-26(5)6;7-6-4-2-1-3-5-6;;/h12-17,20-21,24H,7-11,18-19H2,1-6H3,(H,31,35)(H,32,34);8-13,16-17H,14-15H2,1-7H3,(H,26,28);7-12,15-16H,13-14H2,1-6H3,(H,25,27)(H,28,29);7-12,15-16H,13-14H2,1-6H3,(H,25,27);6H,1-5,7H2;;1H2/q;;;;;+1;/p-1. The van der Waals surface area contributed by atoms with E-state index in [9.17, 15) is 72.3 Å². The Morgan fingerprint density at radius 1 is 0.352 bits per heavy atom. The summed E-state index contributed by atoms with van der Waals surface area (Å²) in [6, 6.07) is 41.1. The second kappa shape index (κ2) is 57.6. The van der Waals surface area contributed by atoms with Gasteiger partial charge in [0.15, 0.2) is 0 Å². The number of methoxy groups -OCH3 is 1. The number of hydrogen-bond donors (Lipinski definition) is 7. The van der Waals surface area contributed by atoms with Crippen molar-refractivity contribution >= 4 is 97.5 Å². The molecule has 142 heavy (non-hydrogen) atoms. The number of ether oxygens (including phenoxy) is 1. The van der Waals surface area contributed by atoms with Gasteiger partial charge in [0.05, 0.1) is 63.5 Å². The number of nitrogens with zero attached hydrogens (tertiary/aromatic N) is 4. The Morgan fingerprint density at radius 3 is 0.761 bits per heavy atom. The maximum absolute atomic E-state index is 13.2. The Hall–Kier alpha value is -9.31. The van der Waals surface area contributed by atoms with Crippen LogP contribution in [0.15, 0.2) is 170 Å². The van der Waals surface area contributed by atoms with E-state index < -0.39 is 75.7 Å². The smallest absolute Gasteiger partial charge is 0.870 e. The average Bonchev–Trinajstić information content (AvgIpc) is 0.807. The number of carboxylic acid groups (broad SMARTS) is 1. The Kier molecular flexibility index (Phi) is 50.7. The van der Waals surface area contributed by atoms with E-state index in [4.69, 9.17) is 10.5 Å². The van der Waals surface area contributed by atoms with Gasteiger partial charge in [0, 0.05) is 48.3 Å². The predicted molar refractivity (Wildman–Crippen MR) is 563 cm³/mol. The second-order valence-corrected chi connectivity index (χ2v) is 47.7. The van der Waals surface area contributed by atoms with E-state index >= 15 is 0 Å². The summed E-state index contributed by atoms with van der Waals surface area (Å²) >= 11 is 3.55. The van der Waals surface area contributed by atoms with Crippen molar-refractivity contribution < 1.29 is 101 Å². The number of rotatable bonds is 36. The number of nitrogens with two attached hydrogens (primary N) is 1. The van der Waals surface area contributed by atoms with Crippen LogP contribution in [0, 0.1) is 0 Å². The molecule has 0 bridgehead atoms. The van der Waals surface area contributed by atoms with Crippen LogP contribution in [0.4, 0.5) is 0 Å². The van der Waals surface area contributed by atoms with Crippen LogP contribution in [0.3, 0.4) is 0 Å². The number of aromatic carboxylic acids is 1. The Labute approximate surface area is 867 Å². The number of carbonyl (C=O) groups excluding carboxylic acids is 6. The largest absolute Gasteiger partial charge is 1.00 e. The van der Waals surface area contributed by atoms with Gasteiger partial charge < -0.3 is 46.0 Å². The molecule has 0 spiro atoms. The van der Waals surface area contributed by atoms with Crippen LogP contribution >= 0.6 is 15.9 Å². The summed E-state index contributed by atoms with van der Waals surface area (Å²) in [5.74, 6) is -3.46. The van der Waals surface area contributed by atoms with E-state index in [0.29, 0.717) is 48.9 Å². The monoisotopic (exact) mass is 2090 g/mol. The maximum atomic E-state index is 13.2. The van der Waals surface area contributed by atoms with Crippen LogP contribution in [0.25, 0.3) is 0 Å². The molecule has 0 atom stereocenters. The molecule has 2 saturated carbocycles. The van der Waals surface area contributed by atoms with Crippen molar-refractivity contribution in [3.8, 4) is 0 Å². The van der Waals surface area contributed by atoms with E-state index in [0.717, 1.165) is 114 Å². The summed E-state index contributed by atoms with van der Waals surface area (Å²) in [5, 5.41) is 12.6. The maximum Gasteiger partial charge on any atom is 1.00 e. The first kappa shape index (κ1) is 125. The van der Waals surface area contributed by atoms with Crippen LogP contribution in [0.1, 0.15) is 342 Å². The van der Waals surface area contributed by atoms with Crippen LogP contribution in [-0.2, 0) is 116 Å². The van der Waals surface area contributed by atoms with Crippen molar-refractivity contribution in [1.29, 1.82) is 0 Å². The molecule has 2 fully saturated rings. The molecule has 8 aromatic carbocycles. The second-order valence-electron chi connectivity index (χ2n) is 40.1. The van der Waals surface area contributed by atoms with Crippen LogP contribution in [0.5, 0.6) is 0 Å². The number of nitrogens with one attached hydrogen (secondary N) is 5. The number of hydrogen-bond acceptors (Lipinski definition) is 22. The first-order valence-corrected chi connectivity index (χ1v) is 54.9. The zero-order chi connectivity index (χ0) is 105. The third-order valence-corrected chi connectivity index (χ3v) is 30.0. The topological polar surface area (TPSA) is 415 Å².